The second-order valence-electron chi connectivity index (χ2n) is 6.28. The first kappa shape index (κ1) is 18.4. The Morgan fingerprint density at radius 3 is 2.42 bits per heavy atom. The van der Waals surface area contributed by atoms with Gasteiger partial charge in [-0.15, -0.1) is 0 Å². The molecule has 0 radical (unpaired) electrons. The molecule has 2 rings (SSSR count). The van der Waals surface area contributed by atoms with Gasteiger partial charge in [0.05, 0.1) is 10.3 Å². The van der Waals surface area contributed by atoms with Gasteiger partial charge in [-0.2, -0.15) is 0 Å². The van der Waals surface area contributed by atoms with Gasteiger partial charge in [-0.05, 0) is 44.5 Å². The van der Waals surface area contributed by atoms with Gasteiger partial charge in [0.1, 0.15) is 0 Å². The highest BCUT2D eigenvalue weighted by Gasteiger charge is 2.41. The lowest BCUT2D eigenvalue weighted by Crippen LogP contribution is -2.34. The average Bonchev–Trinajstić information content (AvgIpc) is 2.97. The molecule has 1 aliphatic heterocycles. The van der Waals surface area contributed by atoms with Crippen molar-refractivity contribution in [3.8, 4) is 0 Å². The summed E-state index contributed by atoms with van der Waals surface area (Å²) >= 11 is 0. The minimum Gasteiger partial charge on any atom is -0.481 e. The minimum absolute atomic E-state index is 0.0769. The van der Waals surface area contributed by atoms with Crippen molar-refractivity contribution in [1.82, 2.24) is 9.62 Å². The summed E-state index contributed by atoms with van der Waals surface area (Å²) in [6.45, 7) is 2.35. The predicted octanol–water partition coefficient (Wildman–Crippen LogP) is 0.850. The summed E-state index contributed by atoms with van der Waals surface area (Å²) in [5, 5.41) is 9.20. The van der Waals surface area contributed by atoms with E-state index in [0.29, 0.717) is 19.4 Å². The highest BCUT2D eigenvalue weighted by atomic mass is 32.2. The maximum atomic E-state index is 12.2. The zero-order chi connectivity index (χ0) is 18.0. The third-order valence-electron chi connectivity index (χ3n) is 4.47. The molecule has 132 valence electrons. The van der Waals surface area contributed by atoms with E-state index in [-0.39, 0.29) is 23.8 Å². The second-order valence-corrected chi connectivity index (χ2v) is 8.17. The van der Waals surface area contributed by atoms with Crippen LogP contribution in [0.15, 0.2) is 29.2 Å². The van der Waals surface area contributed by atoms with Crippen molar-refractivity contribution in [3.05, 3.63) is 29.8 Å². The van der Waals surface area contributed by atoms with Crippen molar-refractivity contribution in [2.45, 2.75) is 31.1 Å². The van der Waals surface area contributed by atoms with E-state index in [1.54, 1.807) is 24.0 Å². The van der Waals surface area contributed by atoms with Crippen LogP contribution in [0.5, 0.6) is 0 Å². The molecule has 1 fully saturated rings. The number of nitrogens with zero attached hydrogens (tertiary/aromatic N) is 1. The van der Waals surface area contributed by atoms with Crippen molar-refractivity contribution in [2.75, 3.05) is 20.1 Å². The number of nitrogens with one attached hydrogen (secondary N) is 1. The van der Waals surface area contributed by atoms with Gasteiger partial charge in [0.25, 0.3) is 0 Å². The molecule has 1 aliphatic rings. The summed E-state index contributed by atoms with van der Waals surface area (Å²) in [6.07, 6.45) is 1.22. The van der Waals surface area contributed by atoms with Gasteiger partial charge in [0.15, 0.2) is 0 Å². The Kier molecular flexibility index (Phi) is 5.29. The Morgan fingerprint density at radius 1 is 1.29 bits per heavy atom. The van der Waals surface area contributed by atoms with Crippen LogP contribution in [0.4, 0.5) is 0 Å². The van der Waals surface area contributed by atoms with Crippen LogP contribution in [0.25, 0.3) is 0 Å². The highest BCUT2D eigenvalue weighted by Crippen LogP contribution is 2.30. The number of rotatable bonds is 6. The maximum Gasteiger partial charge on any atom is 0.311 e. The average molecular weight is 354 g/mol. The van der Waals surface area contributed by atoms with E-state index in [1.165, 1.54) is 19.2 Å². The topological polar surface area (TPSA) is 104 Å². The molecule has 1 heterocycles. The molecule has 0 spiro atoms. The van der Waals surface area contributed by atoms with Crippen LogP contribution in [0.1, 0.15) is 25.3 Å². The fraction of sp³-hybridized carbons (Fsp3) is 0.500. The van der Waals surface area contributed by atoms with Crippen molar-refractivity contribution >= 4 is 21.9 Å². The number of aryl methyl sites for hydroxylation is 1. The van der Waals surface area contributed by atoms with E-state index in [4.69, 9.17) is 0 Å². The number of likely N-dealkylation sites (tertiary alicyclic amines) is 1. The molecule has 0 unspecified atom stereocenters. The summed E-state index contributed by atoms with van der Waals surface area (Å²) in [7, 11) is -2.11. The number of amides is 1. The molecular weight excluding hydrogens is 332 g/mol. The van der Waals surface area contributed by atoms with Crippen LogP contribution in [-0.4, -0.2) is 50.4 Å². The molecule has 8 heteroatoms. The number of carbonyl (C=O) groups is 2. The fourth-order valence-electron chi connectivity index (χ4n) is 2.71. The number of sulfonamides is 1. The van der Waals surface area contributed by atoms with Gasteiger partial charge in [-0.25, -0.2) is 13.1 Å². The largest absolute Gasteiger partial charge is 0.481 e. The molecule has 1 atom stereocenters. The molecule has 7 nitrogen and oxygen atoms in total. The van der Waals surface area contributed by atoms with Crippen LogP contribution in [0.3, 0.4) is 0 Å². The standard InChI is InChI=1S/C16H22N2O5S/c1-16(15(20)21)9-10-18(11-16)14(19)8-5-12-3-6-13(7-4-12)24(22,23)17-2/h3-4,6-7,17H,5,8-11H2,1-2H3,(H,20,21)/t16-/m1/s1. The van der Waals surface area contributed by atoms with E-state index >= 15 is 0 Å². The lowest BCUT2D eigenvalue weighted by Gasteiger charge is -2.20. The van der Waals surface area contributed by atoms with E-state index in [1.807, 2.05) is 0 Å². The Labute approximate surface area is 141 Å². The summed E-state index contributed by atoms with van der Waals surface area (Å²) in [6, 6.07) is 6.37. The fourth-order valence-corrected chi connectivity index (χ4v) is 3.44. The number of carbonyl (C=O) groups excluding carboxylic acids is 1. The maximum absolute atomic E-state index is 12.2. The molecule has 1 amide bonds. The quantitative estimate of drug-likeness (QED) is 0.788. The minimum atomic E-state index is -3.46. The number of aliphatic carboxylic acids is 1. The monoisotopic (exact) mass is 354 g/mol. The van der Waals surface area contributed by atoms with Crippen LogP contribution >= 0.6 is 0 Å². The third kappa shape index (κ3) is 3.93. The number of carboxylic acid groups (broad SMARTS) is 1. The molecule has 1 saturated heterocycles. The second kappa shape index (κ2) is 6.90. The number of hydrogen-bond acceptors (Lipinski definition) is 4. The van der Waals surface area contributed by atoms with E-state index in [9.17, 15) is 23.1 Å². The highest BCUT2D eigenvalue weighted by molar-refractivity contribution is 7.89. The summed E-state index contributed by atoms with van der Waals surface area (Å²) in [5.41, 5.74) is -0.00247. The van der Waals surface area contributed by atoms with Gasteiger partial charge < -0.3 is 10.0 Å². The lowest BCUT2D eigenvalue weighted by molar-refractivity contribution is -0.147. The first-order valence-corrected chi connectivity index (χ1v) is 9.20. The van der Waals surface area contributed by atoms with Crippen LogP contribution < -0.4 is 4.72 Å². The van der Waals surface area contributed by atoms with Crippen LogP contribution in [0.2, 0.25) is 0 Å². The summed E-state index contributed by atoms with van der Waals surface area (Å²) < 4.78 is 25.5. The van der Waals surface area contributed by atoms with Gasteiger partial charge in [0.2, 0.25) is 15.9 Å². The van der Waals surface area contributed by atoms with Crippen molar-refractivity contribution < 1.29 is 23.1 Å². The SMILES string of the molecule is CNS(=O)(=O)c1ccc(CCC(=O)N2CC[C@@](C)(C(=O)O)C2)cc1. The van der Waals surface area contributed by atoms with Crippen molar-refractivity contribution in [3.63, 3.8) is 0 Å². The summed E-state index contributed by atoms with van der Waals surface area (Å²) in [4.78, 5) is 25.2. The Bertz CT molecular complexity index is 729. The Hall–Kier alpha value is -1.93. The Balaban J connectivity index is 1.92. The predicted molar refractivity (Wildman–Crippen MR) is 87.9 cm³/mol. The molecule has 2 N–H and O–H groups in total. The van der Waals surface area contributed by atoms with E-state index in [2.05, 4.69) is 4.72 Å². The zero-order valence-corrected chi connectivity index (χ0v) is 14.6. The molecule has 24 heavy (non-hydrogen) atoms. The number of hydrogen-bond donors (Lipinski definition) is 2. The number of benzene rings is 1. The van der Waals surface area contributed by atoms with Gasteiger partial charge >= 0.3 is 5.97 Å². The molecular formula is C16H22N2O5S. The normalized spacial score (nSPS) is 21.0. The first-order chi connectivity index (χ1) is 11.2. The number of carboxylic acids is 1. The smallest absolute Gasteiger partial charge is 0.311 e. The first-order valence-electron chi connectivity index (χ1n) is 7.72. The molecule has 0 aromatic heterocycles. The van der Waals surface area contributed by atoms with Gasteiger partial charge in [0, 0.05) is 19.5 Å². The molecule has 1 aromatic carbocycles. The van der Waals surface area contributed by atoms with Gasteiger partial charge in [-0.1, -0.05) is 12.1 Å². The molecule has 0 saturated carbocycles. The zero-order valence-electron chi connectivity index (χ0n) is 13.8. The van der Waals surface area contributed by atoms with Crippen molar-refractivity contribution in [2.24, 2.45) is 5.41 Å². The Morgan fingerprint density at radius 2 is 1.92 bits per heavy atom. The van der Waals surface area contributed by atoms with Gasteiger partial charge in [-0.3, -0.25) is 9.59 Å². The van der Waals surface area contributed by atoms with E-state index in [0.717, 1.165) is 5.56 Å². The van der Waals surface area contributed by atoms with Crippen LogP contribution in [-0.2, 0) is 26.0 Å². The molecule has 1 aromatic rings. The third-order valence-corrected chi connectivity index (χ3v) is 5.90. The van der Waals surface area contributed by atoms with E-state index < -0.39 is 21.4 Å². The van der Waals surface area contributed by atoms with Crippen molar-refractivity contribution in [1.29, 1.82) is 0 Å². The molecule has 0 aliphatic carbocycles. The molecule has 0 bridgehead atoms. The summed E-state index contributed by atoms with van der Waals surface area (Å²) in [5.74, 6) is -0.953. The van der Waals surface area contributed by atoms with Crippen LogP contribution in [0, 0.1) is 5.41 Å². The lowest BCUT2D eigenvalue weighted by atomic mass is 9.90.